The molecule has 1 amide bonds. The van der Waals surface area contributed by atoms with Gasteiger partial charge in [0.15, 0.2) is 0 Å². The standard InChI is InChI=1S/C22H27N3O3S/c1-13-6-7-17-19(25(13)22(26)27-2)9-8-16(20(17)28-15-4-3-5-15)18-12-29-21(24-18)14-10-23-11-14/h8-9,12-15,23H,3-7,10-11H2,1-2H3/t13-/m0/s1. The molecular weight excluding hydrogens is 386 g/mol. The van der Waals surface area contributed by atoms with E-state index < -0.39 is 0 Å². The zero-order valence-corrected chi connectivity index (χ0v) is 17.8. The van der Waals surface area contributed by atoms with E-state index in [1.54, 1.807) is 16.2 Å². The highest BCUT2D eigenvalue weighted by molar-refractivity contribution is 7.10. The minimum absolute atomic E-state index is 0.106. The summed E-state index contributed by atoms with van der Waals surface area (Å²) in [5.74, 6) is 1.44. The van der Waals surface area contributed by atoms with Crippen LogP contribution in [0.1, 0.15) is 49.1 Å². The van der Waals surface area contributed by atoms with E-state index in [0.717, 1.165) is 67.0 Å². The van der Waals surface area contributed by atoms with Crippen LogP contribution in [0.15, 0.2) is 17.5 Å². The lowest BCUT2D eigenvalue weighted by Gasteiger charge is -2.36. The van der Waals surface area contributed by atoms with Gasteiger partial charge in [0, 0.05) is 41.6 Å². The molecular formula is C22H27N3O3S. The summed E-state index contributed by atoms with van der Waals surface area (Å²) in [5, 5.41) is 6.66. The highest BCUT2D eigenvalue weighted by Crippen LogP contribution is 2.45. The summed E-state index contributed by atoms with van der Waals surface area (Å²) in [6, 6.07) is 4.21. The van der Waals surface area contributed by atoms with Crippen LogP contribution in [-0.4, -0.2) is 43.4 Å². The Kier molecular flexibility index (Phi) is 4.95. The van der Waals surface area contributed by atoms with Gasteiger partial charge in [-0.2, -0.15) is 0 Å². The summed E-state index contributed by atoms with van der Waals surface area (Å²) in [4.78, 5) is 19.2. The topological polar surface area (TPSA) is 63.7 Å². The molecule has 29 heavy (non-hydrogen) atoms. The maximum Gasteiger partial charge on any atom is 0.414 e. The van der Waals surface area contributed by atoms with Crippen LogP contribution in [0.5, 0.6) is 5.75 Å². The number of ether oxygens (including phenoxy) is 2. The lowest BCUT2D eigenvalue weighted by molar-refractivity contribution is 0.119. The molecule has 1 aliphatic carbocycles. The maximum absolute atomic E-state index is 12.5. The molecule has 2 fully saturated rings. The molecule has 2 aromatic rings. The average molecular weight is 414 g/mol. The lowest BCUT2D eigenvalue weighted by Crippen LogP contribution is -2.42. The van der Waals surface area contributed by atoms with E-state index in [0.29, 0.717) is 5.92 Å². The summed E-state index contributed by atoms with van der Waals surface area (Å²) in [5.41, 5.74) is 4.05. The number of nitrogens with zero attached hydrogens (tertiary/aromatic N) is 2. The smallest absolute Gasteiger partial charge is 0.414 e. The second kappa shape index (κ2) is 7.61. The predicted octanol–water partition coefficient (Wildman–Crippen LogP) is 4.34. The number of hydrogen-bond donors (Lipinski definition) is 1. The van der Waals surface area contributed by atoms with Crippen LogP contribution in [0.4, 0.5) is 10.5 Å². The highest BCUT2D eigenvalue weighted by atomic mass is 32.1. The average Bonchev–Trinajstić information content (AvgIpc) is 3.11. The third kappa shape index (κ3) is 3.30. The summed E-state index contributed by atoms with van der Waals surface area (Å²) in [6.07, 6.45) is 5.14. The van der Waals surface area contributed by atoms with Gasteiger partial charge in [-0.1, -0.05) is 0 Å². The van der Waals surface area contributed by atoms with Gasteiger partial charge < -0.3 is 14.8 Å². The van der Waals surface area contributed by atoms with Crippen LogP contribution in [-0.2, 0) is 11.2 Å². The minimum Gasteiger partial charge on any atom is -0.489 e. The Labute approximate surface area is 175 Å². The van der Waals surface area contributed by atoms with Crippen molar-refractivity contribution >= 4 is 23.1 Å². The van der Waals surface area contributed by atoms with Crippen molar-refractivity contribution in [1.82, 2.24) is 10.3 Å². The molecule has 6 nitrogen and oxygen atoms in total. The van der Waals surface area contributed by atoms with E-state index in [1.165, 1.54) is 18.5 Å². The third-order valence-electron chi connectivity index (χ3n) is 6.38. The number of nitrogens with one attached hydrogen (secondary N) is 1. The van der Waals surface area contributed by atoms with Gasteiger partial charge in [-0.15, -0.1) is 11.3 Å². The number of amides is 1. The second-order valence-electron chi connectivity index (χ2n) is 8.26. The number of carbonyl (C=O) groups excluding carboxylic acids is 1. The third-order valence-corrected chi connectivity index (χ3v) is 7.39. The largest absolute Gasteiger partial charge is 0.489 e. The predicted molar refractivity (Wildman–Crippen MR) is 114 cm³/mol. The Bertz CT molecular complexity index is 920. The Morgan fingerprint density at radius 1 is 1.28 bits per heavy atom. The van der Waals surface area contributed by atoms with Crippen molar-refractivity contribution in [2.24, 2.45) is 0 Å². The van der Waals surface area contributed by atoms with E-state index in [9.17, 15) is 4.79 Å². The SMILES string of the molecule is COC(=O)N1c2ccc(-c3csc(C4CNC4)n3)c(OC3CCC3)c2CC[C@@H]1C. The van der Waals surface area contributed by atoms with Crippen molar-refractivity contribution < 1.29 is 14.3 Å². The molecule has 3 heterocycles. The van der Waals surface area contributed by atoms with Crippen LogP contribution in [0, 0.1) is 0 Å². The van der Waals surface area contributed by atoms with Crippen molar-refractivity contribution in [3.63, 3.8) is 0 Å². The van der Waals surface area contributed by atoms with E-state index in [1.807, 2.05) is 6.07 Å². The number of carbonyl (C=O) groups is 1. The summed E-state index contributed by atoms with van der Waals surface area (Å²) in [7, 11) is 1.44. The number of aromatic nitrogens is 1. The van der Waals surface area contributed by atoms with E-state index >= 15 is 0 Å². The van der Waals surface area contributed by atoms with E-state index in [2.05, 4.69) is 23.7 Å². The zero-order chi connectivity index (χ0) is 20.0. The van der Waals surface area contributed by atoms with E-state index in [4.69, 9.17) is 14.5 Å². The molecule has 1 aromatic carbocycles. The number of fused-ring (bicyclic) bond motifs is 1. The van der Waals surface area contributed by atoms with Gasteiger partial charge in [0.1, 0.15) is 5.75 Å². The van der Waals surface area contributed by atoms with Gasteiger partial charge in [-0.3, -0.25) is 4.90 Å². The number of thiazole rings is 1. The summed E-state index contributed by atoms with van der Waals surface area (Å²) in [6.45, 7) is 4.09. The number of benzene rings is 1. The first-order chi connectivity index (χ1) is 14.2. The highest BCUT2D eigenvalue weighted by Gasteiger charge is 2.34. The Hall–Kier alpha value is -2.12. The second-order valence-corrected chi connectivity index (χ2v) is 9.15. The molecule has 0 spiro atoms. The fourth-order valence-electron chi connectivity index (χ4n) is 4.23. The van der Waals surface area contributed by atoms with Gasteiger partial charge >= 0.3 is 6.09 Å². The molecule has 154 valence electrons. The van der Waals surface area contributed by atoms with Crippen molar-refractivity contribution in [3.8, 4) is 17.0 Å². The Morgan fingerprint density at radius 2 is 2.10 bits per heavy atom. The Morgan fingerprint density at radius 3 is 2.76 bits per heavy atom. The Balaban J connectivity index is 1.58. The molecule has 0 bridgehead atoms. The molecule has 1 aromatic heterocycles. The zero-order valence-electron chi connectivity index (χ0n) is 16.9. The minimum atomic E-state index is -0.311. The van der Waals surface area contributed by atoms with Crippen molar-refractivity contribution in [1.29, 1.82) is 0 Å². The molecule has 2 aliphatic heterocycles. The molecule has 7 heteroatoms. The molecule has 1 atom stereocenters. The number of rotatable bonds is 4. The first-order valence-corrected chi connectivity index (χ1v) is 11.4. The number of hydrogen-bond acceptors (Lipinski definition) is 6. The molecule has 0 unspecified atom stereocenters. The van der Waals surface area contributed by atoms with Gasteiger partial charge in [0.25, 0.3) is 0 Å². The fraction of sp³-hybridized carbons (Fsp3) is 0.545. The number of anilines is 1. The van der Waals surface area contributed by atoms with Crippen molar-refractivity contribution in [3.05, 3.63) is 28.1 Å². The molecule has 0 radical (unpaired) electrons. The number of methoxy groups -OCH3 is 1. The first-order valence-electron chi connectivity index (χ1n) is 10.5. The van der Waals surface area contributed by atoms with Crippen molar-refractivity contribution in [2.75, 3.05) is 25.1 Å². The van der Waals surface area contributed by atoms with Crippen LogP contribution in [0.3, 0.4) is 0 Å². The summed E-state index contributed by atoms with van der Waals surface area (Å²) < 4.78 is 11.6. The van der Waals surface area contributed by atoms with E-state index in [-0.39, 0.29) is 18.2 Å². The van der Waals surface area contributed by atoms with Crippen LogP contribution in [0.25, 0.3) is 11.3 Å². The van der Waals surface area contributed by atoms with Crippen LogP contribution < -0.4 is 15.0 Å². The maximum atomic E-state index is 12.5. The van der Waals surface area contributed by atoms with Gasteiger partial charge in [0.05, 0.1) is 29.6 Å². The monoisotopic (exact) mass is 413 g/mol. The normalized spacial score (nSPS) is 21.9. The molecule has 5 rings (SSSR count). The molecule has 1 saturated heterocycles. The van der Waals surface area contributed by atoms with Crippen LogP contribution >= 0.6 is 11.3 Å². The summed E-state index contributed by atoms with van der Waals surface area (Å²) >= 11 is 1.73. The van der Waals surface area contributed by atoms with Gasteiger partial charge in [0.2, 0.25) is 0 Å². The lowest BCUT2D eigenvalue weighted by atomic mass is 9.92. The van der Waals surface area contributed by atoms with Crippen molar-refractivity contribution in [2.45, 2.75) is 57.1 Å². The van der Waals surface area contributed by atoms with Gasteiger partial charge in [-0.25, -0.2) is 9.78 Å². The molecule has 3 aliphatic rings. The molecule has 1 saturated carbocycles. The quantitative estimate of drug-likeness (QED) is 0.808. The molecule has 1 N–H and O–H groups in total. The van der Waals surface area contributed by atoms with Crippen LogP contribution in [0.2, 0.25) is 0 Å². The van der Waals surface area contributed by atoms with Gasteiger partial charge in [-0.05, 0) is 51.2 Å². The fourth-order valence-corrected chi connectivity index (χ4v) is 5.16. The first kappa shape index (κ1) is 18.9.